The maximum atomic E-state index is 6.41. The summed E-state index contributed by atoms with van der Waals surface area (Å²) < 4.78 is 0. The predicted octanol–water partition coefficient (Wildman–Crippen LogP) is 6.06. The molecule has 0 aromatic heterocycles. The van der Waals surface area contributed by atoms with Gasteiger partial charge in [-0.15, -0.1) is 0 Å². The van der Waals surface area contributed by atoms with E-state index in [0.717, 1.165) is 11.8 Å². The first-order valence-corrected chi connectivity index (χ1v) is 9.49. The van der Waals surface area contributed by atoms with Crippen LogP contribution in [-0.4, -0.2) is 6.04 Å². The summed E-state index contributed by atoms with van der Waals surface area (Å²) in [7, 11) is 0. The van der Waals surface area contributed by atoms with Crippen molar-refractivity contribution in [2.24, 2.45) is 17.6 Å². The fraction of sp³-hybridized carbons (Fsp3) is 1.00. The van der Waals surface area contributed by atoms with E-state index in [1.165, 1.54) is 89.9 Å². The lowest BCUT2D eigenvalue weighted by atomic mass is 9.77. The van der Waals surface area contributed by atoms with E-state index in [0.29, 0.717) is 6.04 Å². The van der Waals surface area contributed by atoms with Crippen LogP contribution in [0.4, 0.5) is 0 Å². The Balaban J connectivity index is 1.90. The van der Waals surface area contributed by atoms with Crippen molar-refractivity contribution in [3.05, 3.63) is 0 Å². The van der Waals surface area contributed by atoms with Crippen LogP contribution in [0.3, 0.4) is 0 Å². The van der Waals surface area contributed by atoms with Gasteiger partial charge < -0.3 is 5.73 Å². The van der Waals surface area contributed by atoms with E-state index < -0.39 is 0 Å². The van der Waals surface area contributed by atoms with Gasteiger partial charge >= 0.3 is 0 Å². The summed E-state index contributed by atoms with van der Waals surface area (Å²) in [6.45, 7) is 4.69. The van der Waals surface area contributed by atoms with Gasteiger partial charge in [0.1, 0.15) is 0 Å². The molecule has 0 aromatic carbocycles. The van der Waals surface area contributed by atoms with Gasteiger partial charge in [-0.3, -0.25) is 0 Å². The number of nitrogens with two attached hydrogens (primary N) is 1. The third-order valence-corrected chi connectivity index (χ3v) is 5.22. The van der Waals surface area contributed by atoms with Crippen molar-refractivity contribution in [2.45, 2.75) is 110 Å². The van der Waals surface area contributed by atoms with Crippen LogP contribution in [0.25, 0.3) is 0 Å². The number of hydrogen-bond acceptors (Lipinski definition) is 1. The molecule has 0 radical (unpaired) electrons. The van der Waals surface area contributed by atoms with Crippen LogP contribution >= 0.6 is 0 Å². The molecule has 120 valence electrons. The summed E-state index contributed by atoms with van der Waals surface area (Å²) in [4.78, 5) is 0. The first-order chi connectivity index (χ1) is 9.74. The molecule has 0 spiro atoms. The first-order valence-electron chi connectivity index (χ1n) is 9.49. The Hall–Kier alpha value is -0.0400. The number of rotatable bonds is 11. The Morgan fingerprint density at radius 3 is 2.10 bits per heavy atom. The highest BCUT2D eigenvalue weighted by Gasteiger charge is 2.23. The number of unbranched alkanes of at least 4 members (excludes halogenated alkanes) is 8. The van der Waals surface area contributed by atoms with Gasteiger partial charge in [0, 0.05) is 6.04 Å². The zero-order chi connectivity index (χ0) is 14.6. The van der Waals surface area contributed by atoms with E-state index in [2.05, 4.69) is 13.8 Å². The quantitative estimate of drug-likeness (QED) is 0.458. The van der Waals surface area contributed by atoms with Gasteiger partial charge in [0.05, 0.1) is 0 Å². The third-order valence-electron chi connectivity index (χ3n) is 5.22. The van der Waals surface area contributed by atoms with Gasteiger partial charge in [0.2, 0.25) is 0 Å². The molecule has 1 rings (SSSR count). The topological polar surface area (TPSA) is 26.0 Å². The minimum Gasteiger partial charge on any atom is -0.327 e. The lowest BCUT2D eigenvalue weighted by Gasteiger charge is -2.31. The van der Waals surface area contributed by atoms with Gasteiger partial charge in [-0.2, -0.15) is 0 Å². The highest BCUT2D eigenvalue weighted by Crippen LogP contribution is 2.31. The Bertz CT molecular complexity index is 214. The molecule has 1 aliphatic carbocycles. The average Bonchev–Trinajstić information content (AvgIpc) is 2.45. The highest BCUT2D eigenvalue weighted by atomic mass is 14.6. The van der Waals surface area contributed by atoms with Crippen LogP contribution in [0.1, 0.15) is 104 Å². The minimum atomic E-state index is 0.488. The van der Waals surface area contributed by atoms with Gasteiger partial charge in [-0.25, -0.2) is 0 Å². The lowest BCUT2D eigenvalue weighted by Crippen LogP contribution is -2.33. The summed E-state index contributed by atoms with van der Waals surface area (Å²) in [5.74, 6) is 1.75. The van der Waals surface area contributed by atoms with E-state index in [1.807, 2.05) is 0 Å². The van der Waals surface area contributed by atoms with Gasteiger partial charge in [0.25, 0.3) is 0 Å². The molecule has 0 bridgehead atoms. The normalized spacial score (nSPS) is 24.8. The molecular formula is C19H39N. The molecule has 3 unspecified atom stereocenters. The van der Waals surface area contributed by atoms with Gasteiger partial charge in [-0.1, -0.05) is 84.5 Å². The molecule has 3 atom stereocenters. The molecule has 1 saturated carbocycles. The van der Waals surface area contributed by atoms with Crippen LogP contribution in [0.15, 0.2) is 0 Å². The second-order valence-electron chi connectivity index (χ2n) is 7.31. The zero-order valence-corrected chi connectivity index (χ0v) is 14.2. The van der Waals surface area contributed by atoms with Crippen LogP contribution < -0.4 is 5.73 Å². The smallest absolute Gasteiger partial charge is 0.00672 e. The minimum absolute atomic E-state index is 0.488. The molecular weight excluding hydrogens is 242 g/mol. The Morgan fingerprint density at radius 2 is 1.50 bits per heavy atom. The molecule has 20 heavy (non-hydrogen) atoms. The average molecular weight is 282 g/mol. The van der Waals surface area contributed by atoms with E-state index in [9.17, 15) is 0 Å². The Labute approximate surface area is 128 Å². The van der Waals surface area contributed by atoms with Crippen LogP contribution in [-0.2, 0) is 0 Å². The van der Waals surface area contributed by atoms with Crippen LogP contribution in [0.5, 0.6) is 0 Å². The van der Waals surface area contributed by atoms with Crippen molar-refractivity contribution in [1.82, 2.24) is 0 Å². The van der Waals surface area contributed by atoms with E-state index in [4.69, 9.17) is 5.73 Å². The molecule has 0 aromatic rings. The molecule has 0 heterocycles. The first kappa shape index (κ1) is 18.0. The van der Waals surface area contributed by atoms with E-state index in [1.54, 1.807) is 0 Å². The van der Waals surface area contributed by atoms with Crippen molar-refractivity contribution >= 4 is 0 Å². The maximum Gasteiger partial charge on any atom is 0.00672 e. The summed E-state index contributed by atoms with van der Waals surface area (Å²) in [6, 6.07) is 0.488. The van der Waals surface area contributed by atoms with E-state index in [-0.39, 0.29) is 0 Å². The van der Waals surface area contributed by atoms with Crippen molar-refractivity contribution in [1.29, 1.82) is 0 Å². The van der Waals surface area contributed by atoms with Gasteiger partial charge in [-0.05, 0) is 31.1 Å². The molecule has 2 N–H and O–H groups in total. The van der Waals surface area contributed by atoms with Gasteiger partial charge in [0.15, 0.2) is 0 Å². The maximum absolute atomic E-state index is 6.41. The Morgan fingerprint density at radius 1 is 0.900 bits per heavy atom. The molecule has 1 aliphatic rings. The molecule has 0 aliphatic heterocycles. The summed E-state index contributed by atoms with van der Waals surface area (Å²) in [5.41, 5.74) is 6.41. The second kappa shape index (κ2) is 11.6. The Kier molecular flexibility index (Phi) is 10.4. The standard InChI is InChI=1S/C19H39N/c1-3-4-5-6-7-8-9-10-11-15-19(20)18-14-12-13-17(2)16-18/h17-19H,3-16,20H2,1-2H3. The summed E-state index contributed by atoms with van der Waals surface area (Å²) >= 11 is 0. The zero-order valence-electron chi connectivity index (χ0n) is 14.2. The largest absolute Gasteiger partial charge is 0.327 e. The second-order valence-corrected chi connectivity index (χ2v) is 7.31. The predicted molar refractivity (Wildman–Crippen MR) is 90.9 cm³/mol. The fourth-order valence-electron chi connectivity index (χ4n) is 3.80. The monoisotopic (exact) mass is 281 g/mol. The van der Waals surface area contributed by atoms with Crippen LogP contribution in [0, 0.1) is 11.8 Å². The third kappa shape index (κ3) is 8.29. The molecule has 1 fully saturated rings. The number of hydrogen-bond donors (Lipinski definition) is 1. The van der Waals surface area contributed by atoms with Crippen molar-refractivity contribution < 1.29 is 0 Å². The molecule has 1 nitrogen and oxygen atoms in total. The molecule has 1 heteroatoms. The summed E-state index contributed by atoms with van der Waals surface area (Å²) in [6.07, 6.45) is 19.7. The highest BCUT2D eigenvalue weighted by molar-refractivity contribution is 4.79. The summed E-state index contributed by atoms with van der Waals surface area (Å²) in [5, 5.41) is 0. The van der Waals surface area contributed by atoms with Crippen LogP contribution in [0.2, 0.25) is 0 Å². The van der Waals surface area contributed by atoms with Crippen molar-refractivity contribution in [3.63, 3.8) is 0 Å². The van der Waals surface area contributed by atoms with Crippen molar-refractivity contribution in [2.75, 3.05) is 0 Å². The molecule has 0 saturated heterocycles. The fourth-order valence-corrected chi connectivity index (χ4v) is 3.80. The SMILES string of the molecule is CCCCCCCCCCCC(N)C1CCCC(C)C1. The van der Waals surface area contributed by atoms with Crippen molar-refractivity contribution in [3.8, 4) is 0 Å². The lowest BCUT2D eigenvalue weighted by molar-refractivity contribution is 0.237. The van der Waals surface area contributed by atoms with E-state index >= 15 is 0 Å². The molecule has 0 amide bonds.